The lowest BCUT2D eigenvalue weighted by atomic mass is 9.81. The van der Waals surface area contributed by atoms with E-state index in [-0.39, 0.29) is 50.2 Å². The summed E-state index contributed by atoms with van der Waals surface area (Å²) in [5, 5.41) is -0.0881. The van der Waals surface area contributed by atoms with Gasteiger partial charge in [-0.1, -0.05) is 43.5 Å². The maximum atomic E-state index is 13.3. The van der Waals surface area contributed by atoms with E-state index in [1.807, 2.05) is 0 Å². The first-order valence-corrected chi connectivity index (χ1v) is 9.23. The number of amides is 2. The van der Waals surface area contributed by atoms with Crippen molar-refractivity contribution >= 4 is 61.0 Å². The van der Waals surface area contributed by atoms with Crippen molar-refractivity contribution in [1.82, 2.24) is 0 Å². The van der Waals surface area contributed by atoms with Gasteiger partial charge in [0.15, 0.2) is 0 Å². The smallest absolute Gasteiger partial charge is 0.238 e. The van der Waals surface area contributed by atoms with E-state index in [0.717, 1.165) is 6.42 Å². The molecule has 0 radical (unpaired) electrons. The van der Waals surface area contributed by atoms with Crippen molar-refractivity contribution in [2.45, 2.75) is 16.1 Å². The van der Waals surface area contributed by atoms with Crippen molar-refractivity contribution in [3.8, 4) is 0 Å². The van der Waals surface area contributed by atoms with Crippen LogP contribution in [0.15, 0.2) is 18.2 Å². The molecule has 3 nitrogen and oxygen atoms in total. The lowest BCUT2D eigenvalue weighted by molar-refractivity contribution is -0.123. The second kappa shape index (κ2) is 5.02. The van der Waals surface area contributed by atoms with Crippen molar-refractivity contribution in [3.63, 3.8) is 0 Å². The highest BCUT2D eigenvalue weighted by Crippen LogP contribution is 2.60. The lowest BCUT2D eigenvalue weighted by Gasteiger charge is -2.28. The highest BCUT2D eigenvalue weighted by Gasteiger charge is 2.66. The number of halogens is 4. The Hall–Kier alpha value is -0.460. The van der Waals surface area contributed by atoms with Crippen LogP contribution in [0.5, 0.6) is 0 Å². The van der Waals surface area contributed by atoms with Gasteiger partial charge in [0.2, 0.25) is 11.8 Å². The molecular formula is C15H11Br2ClFNO2. The molecule has 2 aliphatic carbocycles. The molecule has 0 N–H and O–H groups in total. The maximum Gasteiger partial charge on any atom is 0.238 e. The highest BCUT2D eigenvalue weighted by molar-refractivity contribution is 9.12. The molecule has 1 saturated heterocycles. The largest absolute Gasteiger partial charge is 0.274 e. The summed E-state index contributed by atoms with van der Waals surface area (Å²) in [5.41, 5.74) is 0.354. The third-order valence-corrected chi connectivity index (χ3v) is 8.64. The van der Waals surface area contributed by atoms with Gasteiger partial charge in [-0.15, -0.1) is 0 Å². The number of carbonyl (C=O) groups excluding carboxylic acids is 2. The van der Waals surface area contributed by atoms with Crippen LogP contribution in [-0.2, 0) is 9.59 Å². The molecule has 2 saturated carbocycles. The molecule has 3 fully saturated rings. The predicted octanol–water partition coefficient (Wildman–Crippen LogP) is 3.76. The molecule has 1 aromatic rings. The van der Waals surface area contributed by atoms with Crippen LogP contribution in [0.1, 0.15) is 6.42 Å². The normalized spacial score (nSPS) is 39.7. The van der Waals surface area contributed by atoms with Crippen LogP contribution < -0.4 is 4.90 Å². The van der Waals surface area contributed by atoms with E-state index >= 15 is 0 Å². The van der Waals surface area contributed by atoms with E-state index < -0.39 is 5.82 Å². The minimum absolute atomic E-state index is 0.0881. The Morgan fingerprint density at radius 2 is 1.64 bits per heavy atom. The summed E-state index contributed by atoms with van der Waals surface area (Å²) in [4.78, 5) is 27.1. The average molecular weight is 452 g/mol. The van der Waals surface area contributed by atoms with Gasteiger partial charge in [0, 0.05) is 9.65 Å². The van der Waals surface area contributed by atoms with Gasteiger partial charge in [0.25, 0.3) is 0 Å². The fourth-order valence-electron chi connectivity index (χ4n) is 4.23. The maximum absolute atomic E-state index is 13.3. The number of imide groups is 1. The number of fused-ring (bicyclic) bond motifs is 5. The number of nitrogens with zero attached hydrogens (tertiary/aromatic N) is 1. The molecule has 1 heterocycles. The van der Waals surface area contributed by atoms with Crippen molar-refractivity contribution in [2.24, 2.45) is 23.7 Å². The number of hydrogen-bond acceptors (Lipinski definition) is 2. The standard InChI is InChI=1S/C15H11Br2ClFNO2/c16-12-6-4-7(13(12)17)11-10(6)14(21)20(15(11)22)5-1-2-9(19)8(18)3-5/h1-3,6-7,10-13H,4H2/t6-,7-,10-,11+,12-,13+/m1/s1. The predicted molar refractivity (Wildman–Crippen MR) is 87.9 cm³/mol. The molecule has 0 spiro atoms. The second-order valence-corrected chi connectivity index (χ2v) is 8.64. The summed E-state index contributed by atoms with van der Waals surface area (Å²) in [5.74, 6) is -1.17. The number of hydrogen-bond donors (Lipinski definition) is 0. The Labute approximate surface area is 148 Å². The third kappa shape index (κ3) is 1.83. The Bertz CT molecular complexity index is 668. The first-order valence-electron chi connectivity index (χ1n) is 7.03. The molecule has 2 amide bonds. The van der Waals surface area contributed by atoms with Crippen LogP contribution in [0.2, 0.25) is 5.02 Å². The molecule has 6 atom stereocenters. The molecule has 1 aliphatic heterocycles. The number of benzene rings is 1. The van der Waals surface area contributed by atoms with Crippen LogP contribution in [0, 0.1) is 29.5 Å². The molecule has 0 aromatic heterocycles. The van der Waals surface area contributed by atoms with Crippen molar-refractivity contribution in [1.29, 1.82) is 0 Å². The van der Waals surface area contributed by atoms with Crippen molar-refractivity contribution < 1.29 is 14.0 Å². The molecule has 2 bridgehead atoms. The topological polar surface area (TPSA) is 37.4 Å². The third-order valence-electron chi connectivity index (χ3n) is 5.15. The Kier molecular flexibility index (Phi) is 3.44. The number of anilines is 1. The van der Waals surface area contributed by atoms with Crippen LogP contribution in [0.4, 0.5) is 10.1 Å². The zero-order chi connectivity index (χ0) is 15.8. The molecule has 4 rings (SSSR count). The number of carbonyl (C=O) groups is 2. The zero-order valence-electron chi connectivity index (χ0n) is 11.2. The van der Waals surface area contributed by atoms with Gasteiger partial charge in [0.05, 0.1) is 22.5 Å². The average Bonchev–Trinajstić information content (AvgIpc) is 3.08. The zero-order valence-corrected chi connectivity index (χ0v) is 15.1. The summed E-state index contributed by atoms with van der Waals surface area (Å²) in [6.07, 6.45) is 0.886. The van der Waals surface area contributed by atoms with E-state index in [1.165, 1.54) is 23.1 Å². The second-order valence-electron chi connectivity index (χ2n) is 6.11. The molecular weight excluding hydrogens is 440 g/mol. The first kappa shape index (κ1) is 15.1. The summed E-state index contributed by atoms with van der Waals surface area (Å²) < 4.78 is 13.3. The van der Waals surface area contributed by atoms with Crippen LogP contribution in [-0.4, -0.2) is 21.5 Å². The van der Waals surface area contributed by atoms with Crippen LogP contribution in [0.25, 0.3) is 0 Å². The number of rotatable bonds is 1. The minimum atomic E-state index is -0.564. The van der Waals surface area contributed by atoms with E-state index in [4.69, 9.17) is 11.6 Å². The van der Waals surface area contributed by atoms with Crippen LogP contribution >= 0.6 is 43.5 Å². The molecule has 1 aromatic carbocycles. The highest BCUT2D eigenvalue weighted by atomic mass is 79.9. The van der Waals surface area contributed by atoms with Gasteiger partial charge in [-0.3, -0.25) is 9.59 Å². The van der Waals surface area contributed by atoms with Gasteiger partial charge < -0.3 is 0 Å². The SMILES string of the molecule is O=C1[C@@H]2[C@H]3C[C@@H]([C@H](Br)[C@@H]3Br)[C@@H]2C(=O)N1c1ccc(F)c(Cl)c1. The molecule has 3 aliphatic rings. The molecule has 7 heteroatoms. The fourth-order valence-corrected chi connectivity index (χ4v) is 6.28. The lowest BCUT2D eigenvalue weighted by Crippen LogP contribution is -2.37. The van der Waals surface area contributed by atoms with Gasteiger partial charge >= 0.3 is 0 Å². The van der Waals surface area contributed by atoms with Crippen LogP contribution in [0.3, 0.4) is 0 Å². The van der Waals surface area contributed by atoms with E-state index in [2.05, 4.69) is 31.9 Å². The molecule has 0 unspecified atom stereocenters. The summed E-state index contributed by atoms with van der Waals surface area (Å²) in [7, 11) is 0. The molecule has 22 heavy (non-hydrogen) atoms. The van der Waals surface area contributed by atoms with Crippen molar-refractivity contribution in [3.05, 3.63) is 29.0 Å². The van der Waals surface area contributed by atoms with E-state index in [9.17, 15) is 14.0 Å². The summed E-state index contributed by atoms with van der Waals surface area (Å²) in [6.45, 7) is 0. The Morgan fingerprint density at radius 1 is 1.09 bits per heavy atom. The van der Waals surface area contributed by atoms with E-state index in [1.54, 1.807) is 0 Å². The van der Waals surface area contributed by atoms with Gasteiger partial charge in [-0.2, -0.15) is 0 Å². The van der Waals surface area contributed by atoms with E-state index in [0.29, 0.717) is 5.69 Å². The van der Waals surface area contributed by atoms with Gasteiger partial charge in [-0.05, 0) is 36.5 Å². The Morgan fingerprint density at radius 3 is 2.14 bits per heavy atom. The first-order chi connectivity index (χ1) is 10.4. The monoisotopic (exact) mass is 449 g/mol. The van der Waals surface area contributed by atoms with Crippen molar-refractivity contribution in [2.75, 3.05) is 4.90 Å². The van der Waals surface area contributed by atoms with Gasteiger partial charge in [-0.25, -0.2) is 9.29 Å². The van der Waals surface area contributed by atoms with Gasteiger partial charge in [0.1, 0.15) is 5.82 Å². The number of alkyl halides is 2. The summed E-state index contributed by atoms with van der Waals surface area (Å²) >= 11 is 13.1. The Balaban J connectivity index is 1.74. The quantitative estimate of drug-likeness (QED) is 0.482. The molecule has 116 valence electrons. The fraction of sp³-hybridized carbons (Fsp3) is 0.467. The summed E-state index contributed by atoms with van der Waals surface area (Å²) in [6, 6.07) is 3.95. The minimum Gasteiger partial charge on any atom is -0.274 e.